The summed E-state index contributed by atoms with van der Waals surface area (Å²) in [6.07, 6.45) is -2.62. The number of hydrogen-bond acceptors (Lipinski definition) is 3. The van der Waals surface area contributed by atoms with Crippen molar-refractivity contribution in [1.29, 1.82) is 0 Å². The molecule has 0 unspecified atom stereocenters. The third kappa shape index (κ3) is 3.57. The molecule has 0 aliphatic carbocycles. The van der Waals surface area contributed by atoms with Crippen LogP contribution in [-0.4, -0.2) is 11.3 Å². The molecular weight excluding hydrogens is 271 g/mol. The lowest BCUT2D eigenvalue weighted by molar-refractivity contribution is -0.137. The second-order valence-electron chi connectivity index (χ2n) is 4.02. The van der Waals surface area contributed by atoms with Gasteiger partial charge in [-0.1, -0.05) is 6.07 Å². The Labute approximate surface area is 113 Å². The Morgan fingerprint density at radius 3 is 2.60 bits per heavy atom. The fourth-order valence-electron chi connectivity index (χ4n) is 1.58. The number of ether oxygens (including phenoxy) is 1. The summed E-state index contributed by atoms with van der Waals surface area (Å²) in [5.74, 6) is -0.0208. The molecule has 0 amide bonds. The van der Waals surface area contributed by atoms with Crippen LogP contribution in [0.25, 0.3) is 0 Å². The van der Waals surface area contributed by atoms with E-state index in [0.717, 1.165) is 12.1 Å². The second-order valence-corrected chi connectivity index (χ2v) is 4.02. The fourth-order valence-corrected chi connectivity index (χ4v) is 1.58. The van der Waals surface area contributed by atoms with Crippen molar-refractivity contribution in [3.05, 3.63) is 59.4 Å². The van der Waals surface area contributed by atoms with Gasteiger partial charge in [0.05, 0.1) is 11.3 Å². The van der Waals surface area contributed by atoms with Gasteiger partial charge in [0, 0.05) is 11.8 Å². The van der Waals surface area contributed by atoms with Gasteiger partial charge in [-0.25, -0.2) is 0 Å². The first kappa shape index (κ1) is 14.0. The molecule has 0 aliphatic rings. The topological polar surface area (TPSA) is 39.2 Å². The Hall–Kier alpha value is -2.37. The molecule has 1 aromatic carbocycles. The lowest BCUT2D eigenvalue weighted by Gasteiger charge is -2.11. The number of hydrogen-bond donors (Lipinski definition) is 0. The molecule has 2 rings (SSSR count). The van der Waals surface area contributed by atoms with Gasteiger partial charge in [0.15, 0.2) is 0 Å². The van der Waals surface area contributed by atoms with E-state index in [0.29, 0.717) is 12.0 Å². The summed E-state index contributed by atoms with van der Waals surface area (Å²) in [5.41, 5.74) is -0.425. The Morgan fingerprint density at radius 2 is 2.00 bits per heavy atom. The third-order valence-corrected chi connectivity index (χ3v) is 2.51. The van der Waals surface area contributed by atoms with Crippen LogP contribution in [0.2, 0.25) is 0 Å². The van der Waals surface area contributed by atoms with Crippen LogP contribution in [0.5, 0.6) is 5.75 Å². The minimum absolute atomic E-state index is 0.0208. The summed E-state index contributed by atoms with van der Waals surface area (Å²) >= 11 is 0. The van der Waals surface area contributed by atoms with Crippen LogP contribution in [0.4, 0.5) is 13.2 Å². The van der Waals surface area contributed by atoms with Gasteiger partial charge in [0.1, 0.15) is 18.6 Å². The number of rotatable bonds is 4. The summed E-state index contributed by atoms with van der Waals surface area (Å²) in [4.78, 5) is 14.7. The third-order valence-electron chi connectivity index (χ3n) is 2.51. The van der Waals surface area contributed by atoms with Crippen molar-refractivity contribution < 1.29 is 22.7 Å². The normalized spacial score (nSPS) is 11.2. The largest absolute Gasteiger partial charge is 0.487 e. The zero-order valence-electron chi connectivity index (χ0n) is 10.2. The van der Waals surface area contributed by atoms with Crippen molar-refractivity contribution in [2.45, 2.75) is 12.8 Å². The van der Waals surface area contributed by atoms with E-state index in [9.17, 15) is 18.0 Å². The van der Waals surface area contributed by atoms with Gasteiger partial charge in [-0.05, 0) is 30.3 Å². The van der Waals surface area contributed by atoms with Gasteiger partial charge in [0.25, 0.3) is 0 Å². The van der Waals surface area contributed by atoms with Crippen molar-refractivity contribution >= 4 is 6.29 Å². The van der Waals surface area contributed by atoms with Crippen LogP contribution >= 0.6 is 0 Å². The van der Waals surface area contributed by atoms with Gasteiger partial charge in [0.2, 0.25) is 0 Å². The number of pyridine rings is 1. The Morgan fingerprint density at radius 1 is 1.20 bits per heavy atom. The lowest BCUT2D eigenvalue weighted by Crippen LogP contribution is -2.07. The molecule has 0 N–H and O–H groups in total. The Bertz CT molecular complexity index is 597. The zero-order valence-corrected chi connectivity index (χ0v) is 10.2. The summed E-state index contributed by atoms with van der Waals surface area (Å²) in [6, 6.07) is 8.04. The number of carbonyl (C=O) groups is 1. The molecule has 0 atom stereocenters. The molecule has 2 aromatic rings. The summed E-state index contributed by atoms with van der Waals surface area (Å²) in [7, 11) is 0. The van der Waals surface area contributed by atoms with Crippen molar-refractivity contribution in [2.24, 2.45) is 0 Å². The molecule has 0 fully saturated rings. The van der Waals surface area contributed by atoms with Crippen LogP contribution in [-0.2, 0) is 12.8 Å². The van der Waals surface area contributed by atoms with E-state index in [1.165, 1.54) is 6.07 Å². The van der Waals surface area contributed by atoms with Gasteiger partial charge in [-0.15, -0.1) is 0 Å². The van der Waals surface area contributed by atoms with Crippen LogP contribution < -0.4 is 4.74 Å². The molecule has 1 heterocycles. The molecule has 0 radical (unpaired) electrons. The average molecular weight is 281 g/mol. The van der Waals surface area contributed by atoms with Gasteiger partial charge in [-0.3, -0.25) is 9.78 Å². The van der Waals surface area contributed by atoms with E-state index < -0.39 is 11.7 Å². The SMILES string of the molecule is O=Cc1cc(OCc2ccccn2)cc(C(F)(F)F)c1. The highest BCUT2D eigenvalue weighted by Crippen LogP contribution is 2.32. The van der Waals surface area contributed by atoms with Crippen molar-refractivity contribution in [1.82, 2.24) is 4.98 Å². The number of halogens is 3. The summed E-state index contributed by atoms with van der Waals surface area (Å²) in [6.45, 7) is 0.0282. The maximum absolute atomic E-state index is 12.7. The van der Waals surface area contributed by atoms with E-state index >= 15 is 0 Å². The number of benzene rings is 1. The molecule has 3 nitrogen and oxygen atoms in total. The zero-order chi connectivity index (χ0) is 14.6. The molecule has 0 spiro atoms. The molecule has 0 aliphatic heterocycles. The average Bonchev–Trinajstić information content (AvgIpc) is 2.45. The van der Waals surface area contributed by atoms with Crippen LogP contribution in [0, 0.1) is 0 Å². The van der Waals surface area contributed by atoms with E-state index in [4.69, 9.17) is 4.74 Å². The number of aromatic nitrogens is 1. The lowest BCUT2D eigenvalue weighted by atomic mass is 10.1. The first-order chi connectivity index (χ1) is 9.49. The highest BCUT2D eigenvalue weighted by atomic mass is 19.4. The smallest absolute Gasteiger partial charge is 0.416 e. The van der Waals surface area contributed by atoms with Crippen molar-refractivity contribution in [3.63, 3.8) is 0 Å². The monoisotopic (exact) mass is 281 g/mol. The highest BCUT2D eigenvalue weighted by molar-refractivity contribution is 5.76. The first-order valence-corrected chi connectivity index (χ1v) is 5.69. The van der Waals surface area contributed by atoms with Gasteiger partial charge < -0.3 is 4.74 Å². The molecule has 0 saturated heterocycles. The summed E-state index contributed by atoms with van der Waals surface area (Å²) in [5, 5.41) is 0. The van der Waals surface area contributed by atoms with E-state index in [1.54, 1.807) is 24.4 Å². The van der Waals surface area contributed by atoms with Crippen molar-refractivity contribution in [2.75, 3.05) is 0 Å². The Balaban J connectivity index is 2.21. The van der Waals surface area contributed by atoms with Crippen molar-refractivity contribution in [3.8, 4) is 5.75 Å². The minimum atomic E-state index is -4.53. The molecule has 0 saturated carbocycles. The van der Waals surface area contributed by atoms with E-state index in [-0.39, 0.29) is 17.9 Å². The van der Waals surface area contributed by atoms with Gasteiger partial charge >= 0.3 is 6.18 Å². The fraction of sp³-hybridized carbons (Fsp3) is 0.143. The number of alkyl halides is 3. The maximum Gasteiger partial charge on any atom is 0.416 e. The van der Waals surface area contributed by atoms with Crippen LogP contribution in [0.15, 0.2) is 42.6 Å². The number of aldehydes is 1. The molecule has 104 valence electrons. The molecule has 0 bridgehead atoms. The maximum atomic E-state index is 12.7. The minimum Gasteiger partial charge on any atom is -0.487 e. The molecular formula is C14H10F3NO2. The quantitative estimate of drug-likeness (QED) is 0.805. The predicted octanol–water partition coefficient (Wildman–Crippen LogP) is 3.49. The second kappa shape index (κ2) is 5.73. The van der Waals surface area contributed by atoms with Crippen LogP contribution in [0.3, 0.4) is 0 Å². The molecule has 20 heavy (non-hydrogen) atoms. The molecule has 6 heteroatoms. The summed E-state index contributed by atoms with van der Waals surface area (Å²) < 4.78 is 43.2. The first-order valence-electron chi connectivity index (χ1n) is 5.69. The highest BCUT2D eigenvalue weighted by Gasteiger charge is 2.31. The number of carbonyl (C=O) groups excluding carboxylic acids is 1. The predicted molar refractivity (Wildman–Crippen MR) is 65.4 cm³/mol. The van der Waals surface area contributed by atoms with E-state index in [1.807, 2.05) is 0 Å². The Kier molecular flexibility index (Phi) is 4.02. The van der Waals surface area contributed by atoms with Crippen LogP contribution in [0.1, 0.15) is 21.6 Å². The number of nitrogens with zero attached hydrogens (tertiary/aromatic N) is 1. The van der Waals surface area contributed by atoms with E-state index in [2.05, 4.69) is 4.98 Å². The standard InChI is InChI=1S/C14H10F3NO2/c15-14(16,17)11-5-10(8-19)6-13(7-11)20-9-12-3-1-2-4-18-12/h1-8H,9H2. The molecule has 1 aromatic heterocycles. The van der Waals surface area contributed by atoms with Gasteiger partial charge in [-0.2, -0.15) is 13.2 Å².